The normalized spacial score (nSPS) is 14.1. The van der Waals surface area contributed by atoms with E-state index in [1.54, 1.807) is 41.5 Å². The Morgan fingerprint density at radius 1 is 1.00 bits per heavy atom. The van der Waals surface area contributed by atoms with Crippen LogP contribution in [0.2, 0.25) is 0 Å². The molecule has 0 N–H and O–H groups in total. The van der Waals surface area contributed by atoms with Gasteiger partial charge in [-0.1, -0.05) is 0 Å². The molecule has 0 atom stereocenters. The summed E-state index contributed by atoms with van der Waals surface area (Å²) in [5.74, 6) is -1.86. The van der Waals surface area contributed by atoms with Gasteiger partial charge in [0.2, 0.25) is 0 Å². The zero-order chi connectivity index (χ0) is 25.7. The van der Waals surface area contributed by atoms with Crippen LogP contribution in [0.3, 0.4) is 0 Å². The van der Waals surface area contributed by atoms with Crippen molar-refractivity contribution in [3.05, 3.63) is 41.2 Å². The van der Waals surface area contributed by atoms with Crippen LogP contribution >= 0.6 is 0 Å². The number of fused-ring (bicyclic) bond motifs is 2. The highest BCUT2D eigenvalue weighted by atomic mass is 19.1. The number of carbonyl (C=O) groups is 2. The largest absolute Gasteiger partial charge is 0.444 e. The van der Waals surface area contributed by atoms with Crippen LogP contribution in [0.15, 0.2) is 18.5 Å². The minimum absolute atomic E-state index is 0.0673. The molecular weight excluding hydrogens is 460 g/mol. The zero-order valence-electron chi connectivity index (χ0n) is 20.5. The summed E-state index contributed by atoms with van der Waals surface area (Å²) >= 11 is 0. The lowest BCUT2D eigenvalue weighted by Crippen LogP contribution is -2.40. The van der Waals surface area contributed by atoms with Gasteiger partial charge in [-0.15, -0.1) is 0 Å². The van der Waals surface area contributed by atoms with E-state index in [2.05, 4.69) is 15.1 Å². The Labute approximate surface area is 201 Å². The highest BCUT2D eigenvalue weighted by Crippen LogP contribution is 2.32. The monoisotopic (exact) mass is 487 g/mol. The van der Waals surface area contributed by atoms with Gasteiger partial charge in [0, 0.05) is 12.1 Å². The molecule has 11 heteroatoms. The van der Waals surface area contributed by atoms with E-state index in [4.69, 9.17) is 9.47 Å². The van der Waals surface area contributed by atoms with Crippen molar-refractivity contribution in [2.45, 2.75) is 65.7 Å². The molecule has 0 bridgehead atoms. The number of hydrogen-bond acceptors (Lipinski definition) is 7. The van der Waals surface area contributed by atoms with E-state index in [1.165, 1.54) is 23.4 Å². The third-order valence-electron chi connectivity index (χ3n) is 5.18. The molecule has 1 aliphatic rings. The molecule has 1 aromatic carbocycles. The average molecular weight is 488 g/mol. The second-order valence-electron chi connectivity index (χ2n) is 10.3. The standard InChI is InChI=1S/C24H27F2N5O4/c1-23(2,3)34-21(32)30-8-7-13-9-15(25)18(19(26)14(13)12-30)20-27-11-17-16(29-20)10-28-31(17)22(33)35-24(4,5)6/h9-11H,7-8,12H2,1-6H3. The van der Waals surface area contributed by atoms with Crippen molar-refractivity contribution in [3.63, 3.8) is 0 Å². The fourth-order valence-corrected chi connectivity index (χ4v) is 3.71. The summed E-state index contributed by atoms with van der Waals surface area (Å²) in [6.45, 7) is 10.6. The Bertz CT molecular complexity index is 1320. The average Bonchev–Trinajstić information content (AvgIpc) is 3.14. The maximum atomic E-state index is 15.6. The molecule has 0 radical (unpaired) electrons. The van der Waals surface area contributed by atoms with Gasteiger partial charge < -0.3 is 14.4 Å². The van der Waals surface area contributed by atoms with Gasteiger partial charge in [-0.2, -0.15) is 9.78 Å². The van der Waals surface area contributed by atoms with Gasteiger partial charge in [0.05, 0.1) is 24.5 Å². The number of nitrogens with zero attached hydrogens (tertiary/aromatic N) is 5. The van der Waals surface area contributed by atoms with Gasteiger partial charge in [-0.25, -0.2) is 28.3 Å². The van der Waals surface area contributed by atoms with Crippen LogP contribution in [0.1, 0.15) is 52.7 Å². The summed E-state index contributed by atoms with van der Waals surface area (Å²) in [4.78, 5) is 34.6. The highest BCUT2D eigenvalue weighted by Gasteiger charge is 2.30. The molecule has 1 aliphatic heterocycles. The maximum absolute atomic E-state index is 15.6. The van der Waals surface area contributed by atoms with E-state index in [1.807, 2.05) is 0 Å². The quantitative estimate of drug-likeness (QED) is 0.484. The first-order chi connectivity index (χ1) is 16.2. The predicted octanol–water partition coefficient (Wildman–Crippen LogP) is 4.85. The first-order valence-corrected chi connectivity index (χ1v) is 11.2. The third kappa shape index (κ3) is 5.08. The highest BCUT2D eigenvalue weighted by molar-refractivity contribution is 5.85. The Morgan fingerprint density at radius 2 is 1.66 bits per heavy atom. The summed E-state index contributed by atoms with van der Waals surface area (Å²) < 4.78 is 42.3. The van der Waals surface area contributed by atoms with Crippen LogP contribution < -0.4 is 0 Å². The van der Waals surface area contributed by atoms with Crippen molar-refractivity contribution in [1.82, 2.24) is 24.6 Å². The van der Waals surface area contributed by atoms with Crippen LogP contribution in [-0.2, 0) is 22.4 Å². The molecule has 0 aliphatic carbocycles. The fraction of sp³-hybridized carbons (Fsp3) is 0.458. The van der Waals surface area contributed by atoms with Gasteiger partial charge >= 0.3 is 12.2 Å². The Hall–Kier alpha value is -3.63. The number of benzene rings is 1. The smallest absolute Gasteiger partial charge is 0.435 e. The minimum Gasteiger partial charge on any atom is -0.444 e. The molecular formula is C24H27F2N5O4. The molecule has 0 spiro atoms. The SMILES string of the molecule is CC(C)(C)OC(=O)N1CCc2cc(F)c(-c3ncc4c(cnn4C(=O)OC(C)(C)C)n3)c(F)c2C1. The topological polar surface area (TPSA) is 99.4 Å². The lowest BCUT2D eigenvalue weighted by Gasteiger charge is -2.31. The lowest BCUT2D eigenvalue weighted by atomic mass is 9.95. The molecule has 35 heavy (non-hydrogen) atoms. The maximum Gasteiger partial charge on any atom is 0.435 e. The Morgan fingerprint density at radius 3 is 2.31 bits per heavy atom. The summed E-state index contributed by atoms with van der Waals surface area (Å²) in [5.41, 5.74) is -0.739. The fourth-order valence-electron chi connectivity index (χ4n) is 3.71. The molecule has 2 aromatic heterocycles. The second kappa shape index (κ2) is 8.54. The number of rotatable bonds is 1. The zero-order valence-corrected chi connectivity index (χ0v) is 20.5. The number of halogens is 2. The van der Waals surface area contributed by atoms with Gasteiger partial charge in [-0.3, -0.25) is 0 Å². The molecule has 0 saturated carbocycles. The van der Waals surface area contributed by atoms with E-state index in [0.717, 1.165) is 4.68 Å². The van der Waals surface area contributed by atoms with E-state index in [0.29, 0.717) is 5.56 Å². The molecule has 0 unspecified atom stereocenters. The second-order valence-corrected chi connectivity index (χ2v) is 10.3. The van der Waals surface area contributed by atoms with Crippen LogP contribution in [0, 0.1) is 11.6 Å². The number of amides is 1. The molecule has 186 valence electrons. The van der Waals surface area contributed by atoms with Crippen molar-refractivity contribution >= 4 is 23.2 Å². The number of aromatic nitrogens is 4. The van der Waals surface area contributed by atoms with Gasteiger partial charge in [0.1, 0.15) is 33.9 Å². The van der Waals surface area contributed by atoms with Gasteiger partial charge in [-0.05, 0) is 59.6 Å². The molecule has 0 saturated heterocycles. The summed E-state index contributed by atoms with van der Waals surface area (Å²) in [5, 5.41) is 3.98. The van der Waals surface area contributed by atoms with Crippen LogP contribution in [0.5, 0.6) is 0 Å². The van der Waals surface area contributed by atoms with Gasteiger partial charge in [0.15, 0.2) is 5.82 Å². The lowest BCUT2D eigenvalue weighted by molar-refractivity contribution is 0.0221. The minimum atomic E-state index is -0.841. The van der Waals surface area contributed by atoms with Gasteiger partial charge in [0.25, 0.3) is 0 Å². The van der Waals surface area contributed by atoms with Crippen molar-refractivity contribution < 1.29 is 27.8 Å². The van der Waals surface area contributed by atoms with Crippen LogP contribution in [-0.4, -0.2) is 54.6 Å². The molecule has 3 heterocycles. The van der Waals surface area contributed by atoms with E-state index in [-0.39, 0.29) is 41.9 Å². The predicted molar refractivity (Wildman–Crippen MR) is 123 cm³/mol. The molecule has 9 nitrogen and oxygen atoms in total. The van der Waals surface area contributed by atoms with Crippen molar-refractivity contribution in [2.24, 2.45) is 0 Å². The number of hydrogen-bond donors (Lipinski definition) is 0. The van der Waals surface area contributed by atoms with Crippen LogP contribution in [0.4, 0.5) is 18.4 Å². The molecule has 1 amide bonds. The Balaban J connectivity index is 1.68. The summed E-state index contributed by atoms with van der Waals surface area (Å²) in [6, 6.07) is 1.25. The third-order valence-corrected chi connectivity index (χ3v) is 5.18. The van der Waals surface area contributed by atoms with E-state index >= 15 is 8.78 Å². The number of carbonyl (C=O) groups excluding carboxylic acids is 2. The van der Waals surface area contributed by atoms with E-state index < -0.39 is 40.6 Å². The van der Waals surface area contributed by atoms with Crippen molar-refractivity contribution in [3.8, 4) is 11.4 Å². The molecule has 3 aromatic rings. The summed E-state index contributed by atoms with van der Waals surface area (Å²) in [7, 11) is 0. The first kappa shape index (κ1) is 24.5. The summed E-state index contributed by atoms with van der Waals surface area (Å²) in [6.07, 6.45) is 1.55. The van der Waals surface area contributed by atoms with Crippen molar-refractivity contribution in [1.29, 1.82) is 0 Å². The van der Waals surface area contributed by atoms with E-state index in [9.17, 15) is 9.59 Å². The number of ether oxygens (including phenoxy) is 2. The molecule has 0 fully saturated rings. The first-order valence-electron chi connectivity index (χ1n) is 11.2. The van der Waals surface area contributed by atoms with Crippen LogP contribution in [0.25, 0.3) is 22.4 Å². The molecule has 4 rings (SSSR count). The Kier molecular flexibility index (Phi) is 5.98. The van der Waals surface area contributed by atoms with Crippen molar-refractivity contribution in [2.75, 3.05) is 6.54 Å².